The zero-order valence-electron chi connectivity index (χ0n) is 11.4. The fourth-order valence-electron chi connectivity index (χ4n) is 2.45. The Kier molecular flexibility index (Phi) is 4.39. The molecule has 0 nitrogen and oxygen atoms in total. The van der Waals surface area contributed by atoms with Gasteiger partial charge in [0.25, 0.3) is 0 Å². The van der Waals surface area contributed by atoms with Gasteiger partial charge in [0.05, 0.1) is 4.83 Å². The van der Waals surface area contributed by atoms with Gasteiger partial charge in [-0.15, -0.1) is 0 Å². The summed E-state index contributed by atoms with van der Waals surface area (Å²) in [6.45, 7) is 2.09. The van der Waals surface area contributed by atoms with E-state index in [-0.39, 0.29) is 4.83 Å². The number of hydrogen-bond acceptors (Lipinski definition) is 0. The topological polar surface area (TPSA) is 0 Å². The summed E-state index contributed by atoms with van der Waals surface area (Å²) < 4.78 is 1.13. The largest absolute Gasteiger partial charge is 0.0837 e. The lowest BCUT2D eigenvalue weighted by atomic mass is 9.98. The molecule has 106 valence electrons. The van der Waals surface area contributed by atoms with Gasteiger partial charge in [0, 0.05) is 14.9 Å². The Morgan fingerprint density at radius 1 is 0.952 bits per heavy atom. The van der Waals surface area contributed by atoms with Crippen molar-refractivity contribution in [3.63, 3.8) is 0 Å². The van der Waals surface area contributed by atoms with Crippen molar-refractivity contribution < 1.29 is 0 Å². The fraction of sp³-hybridized carbons (Fsp3) is 0.111. The molecular weight excluding hydrogens is 411 g/mol. The van der Waals surface area contributed by atoms with Crippen LogP contribution in [-0.4, -0.2) is 0 Å². The van der Waals surface area contributed by atoms with Crippen molar-refractivity contribution in [1.82, 2.24) is 0 Å². The van der Waals surface area contributed by atoms with Gasteiger partial charge >= 0.3 is 0 Å². The van der Waals surface area contributed by atoms with Gasteiger partial charge in [0.2, 0.25) is 0 Å². The lowest BCUT2D eigenvalue weighted by molar-refractivity contribution is 1.18. The van der Waals surface area contributed by atoms with E-state index in [9.17, 15) is 0 Å². The van der Waals surface area contributed by atoms with E-state index in [1.165, 1.54) is 22.1 Å². The number of halogens is 3. The Morgan fingerprint density at radius 3 is 2.38 bits per heavy atom. The van der Waals surface area contributed by atoms with E-state index < -0.39 is 0 Å². The number of alkyl halides is 1. The molecule has 1 atom stereocenters. The number of aryl methyl sites for hydroxylation is 1. The van der Waals surface area contributed by atoms with Crippen LogP contribution in [0, 0.1) is 6.92 Å². The molecule has 0 N–H and O–H groups in total. The van der Waals surface area contributed by atoms with Crippen molar-refractivity contribution in [2.75, 3.05) is 0 Å². The van der Waals surface area contributed by atoms with E-state index in [4.69, 9.17) is 11.6 Å². The second-order valence-corrected chi connectivity index (χ2v) is 7.23. The number of benzene rings is 3. The van der Waals surface area contributed by atoms with E-state index in [1.807, 2.05) is 18.2 Å². The fourth-order valence-corrected chi connectivity index (χ4v) is 3.76. The Labute approximate surface area is 146 Å². The molecule has 0 heterocycles. The van der Waals surface area contributed by atoms with Crippen LogP contribution in [0.3, 0.4) is 0 Å². The SMILES string of the molecule is Cc1ccc(C(Br)c2ccc(Cl)c3ccccc23)cc1Br. The standard InChI is InChI=1S/C18H13Br2Cl/c1-11-6-7-12(10-16(11)19)18(20)15-8-9-17(21)14-5-3-2-4-13(14)15/h2-10,18H,1H3. The quantitative estimate of drug-likeness (QED) is 0.387. The minimum absolute atomic E-state index is 0.136. The third kappa shape index (κ3) is 2.90. The molecule has 0 amide bonds. The van der Waals surface area contributed by atoms with Gasteiger partial charge in [-0.1, -0.05) is 85.9 Å². The first kappa shape index (κ1) is 15.1. The first-order chi connectivity index (χ1) is 10.1. The van der Waals surface area contributed by atoms with Gasteiger partial charge in [-0.25, -0.2) is 0 Å². The van der Waals surface area contributed by atoms with Crippen LogP contribution in [0.15, 0.2) is 59.1 Å². The highest BCUT2D eigenvalue weighted by molar-refractivity contribution is 9.10. The second-order valence-electron chi connectivity index (χ2n) is 5.05. The zero-order chi connectivity index (χ0) is 15.0. The van der Waals surface area contributed by atoms with Crippen LogP contribution < -0.4 is 0 Å². The molecule has 3 heteroatoms. The molecule has 0 fully saturated rings. The second kappa shape index (κ2) is 6.12. The number of hydrogen-bond donors (Lipinski definition) is 0. The van der Waals surface area contributed by atoms with Crippen LogP contribution in [0.5, 0.6) is 0 Å². The van der Waals surface area contributed by atoms with Crippen molar-refractivity contribution in [3.05, 3.63) is 80.8 Å². The third-order valence-corrected chi connectivity index (χ3v) is 5.87. The Morgan fingerprint density at radius 2 is 1.67 bits per heavy atom. The summed E-state index contributed by atoms with van der Waals surface area (Å²) in [6, 6.07) is 18.8. The summed E-state index contributed by atoms with van der Waals surface area (Å²) in [6.07, 6.45) is 0. The van der Waals surface area contributed by atoms with Gasteiger partial charge in [-0.05, 0) is 41.1 Å². The van der Waals surface area contributed by atoms with E-state index in [2.05, 4.69) is 75.2 Å². The summed E-state index contributed by atoms with van der Waals surface area (Å²) >= 11 is 13.7. The molecule has 0 bridgehead atoms. The molecule has 0 radical (unpaired) electrons. The smallest absolute Gasteiger partial charge is 0.0651 e. The summed E-state index contributed by atoms with van der Waals surface area (Å²) in [4.78, 5) is 0.136. The highest BCUT2D eigenvalue weighted by Crippen LogP contribution is 2.38. The van der Waals surface area contributed by atoms with Gasteiger partial charge in [-0.2, -0.15) is 0 Å². The molecule has 21 heavy (non-hydrogen) atoms. The first-order valence-corrected chi connectivity index (χ1v) is 8.74. The van der Waals surface area contributed by atoms with E-state index >= 15 is 0 Å². The number of rotatable bonds is 2. The van der Waals surface area contributed by atoms with Crippen molar-refractivity contribution in [3.8, 4) is 0 Å². The van der Waals surface area contributed by atoms with Gasteiger partial charge in [0.15, 0.2) is 0 Å². The van der Waals surface area contributed by atoms with Gasteiger partial charge in [0.1, 0.15) is 0 Å². The van der Waals surface area contributed by atoms with Crippen LogP contribution in [0.1, 0.15) is 21.5 Å². The summed E-state index contributed by atoms with van der Waals surface area (Å²) in [7, 11) is 0. The van der Waals surface area contributed by atoms with Crippen LogP contribution in [0.4, 0.5) is 0 Å². The van der Waals surface area contributed by atoms with Crippen LogP contribution >= 0.6 is 43.5 Å². The average molecular weight is 425 g/mol. The minimum atomic E-state index is 0.136. The van der Waals surface area contributed by atoms with Crippen molar-refractivity contribution in [2.45, 2.75) is 11.8 Å². The highest BCUT2D eigenvalue weighted by atomic mass is 79.9. The Balaban J connectivity index is 2.15. The maximum absolute atomic E-state index is 6.30. The van der Waals surface area contributed by atoms with Crippen molar-refractivity contribution >= 4 is 54.2 Å². The van der Waals surface area contributed by atoms with Gasteiger partial charge in [-0.3, -0.25) is 0 Å². The lowest BCUT2D eigenvalue weighted by Crippen LogP contribution is -1.95. The lowest BCUT2D eigenvalue weighted by Gasteiger charge is -2.15. The Bertz CT molecular complexity index is 811. The highest BCUT2D eigenvalue weighted by Gasteiger charge is 2.15. The molecule has 3 rings (SSSR count). The summed E-state index contributed by atoms with van der Waals surface area (Å²) in [5.41, 5.74) is 3.69. The third-order valence-electron chi connectivity index (χ3n) is 3.67. The van der Waals surface area contributed by atoms with Gasteiger partial charge < -0.3 is 0 Å². The van der Waals surface area contributed by atoms with Crippen LogP contribution in [0.2, 0.25) is 5.02 Å². The molecule has 0 saturated heterocycles. The molecule has 0 aliphatic rings. The van der Waals surface area contributed by atoms with Crippen LogP contribution in [0.25, 0.3) is 10.8 Å². The minimum Gasteiger partial charge on any atom is -0.0837 e. The summed E-state index contributed by atoms with van der Waals surface area (Å²) in [5.74, 6) is 0. The maximum Gasteiger partial charge on any atom is 0.0651 e. The maximum atomic E-state index is 6.30. The molecule has 0 aliphatic heterocycles. The predicted molar refractivity (Wildman–Crippen MR) is 98.6 cm³/mol. The monoisotopic (exact) mass is 422 g/mol. The average Bonchev–Trinajstić information content (AvgIpc) is 2.50. The van der Waals surface area contributed by atoms with Crippen LogP contribution in [-0.2, 0) is 0 Å². The van der Waals surface area contributed by atoms with Crippen molar-refractivity contribution in [1.29, 1.82) is 0 Å². The van der Waals surface area contributed by atoms with Crippen molar-refractivity contribution in [2.24, 2.45) is 0 Å². The number of fused-ring (bicyclic) bond motifs is 1. The van der Waals surface area contributed by atoms with E-state index in [0.29, 0.717) is 0 Å². The first-order valence-electron chi connectivity index (χ1n) is 6.65. The zero-order valence-corrected chi connectivity index (χ0v) is 15.3. The molecule has 0 aliphatic carbocycles. The molecule has 3 aromatic carbocycles. The predicted octanol–water partition coefficient (Wildman–Crippen LogP) is 7.05. The van der Waals surface area contributed by atoms with E-state index in [1.54, 1.807) is 0 Å². The molecule has 0 saturated carbocycles. The Hall–Kier alpha value is -0.830. The molecule has 0 spiro atoms. The summed E-state index contributed by atoms with van der Waals surface area (Å²) in [5, 5.41) is 3.06. The molecule has 3 aromatic rings. The molecular formula is C18H13Br2Cl. The molecule has 0 aromatic heterocycles. The normalized spacial score (nSPS) is 12.6. The van der Waals surface area contributed by atoms with E-state index in [0.717, 1.165) is 14.9 Å². The molecule has 1 unspecified atom stereocenters.